The topological polar surface area (TPSA) is 43.7 Å². The Hall–Kier alpha value is -0.610. The Labute approximate surface area is 108 Å². The van der Waals surface area contributed by atoms with Gasteiger partial charge in [0.05, 0.1) is 12.7 Å². The number of benzene rings is 1. The molecule has 0 bridgehead atoms. The Kier molecular flexibility index (Phi) is 5.92. The molecule has 0 fully saturated rings. The predicted octanol–water partition coefficient (Wildman–Crippen LogP) is 2.08. The van der Waals surface area contributed by atoms with E-state index in [1.165, 1.54) is 0 Å². The van der Waals surface area contributed by atoms with Crippen LogP contribution in [0.1, 0.15) is 25.0 Å². The van der Waals surface area contributed by atoms with Gasteiger partial charge in [0.25, 0.3) is 0 Å². The van der Waals surface area contributed by atoms with Gasteiger partial charge in [-0.05, 0) is 32.0 Å². The molecule has 1 rings (SSSR count). The lowest BCUT2D eigenvalue weighted by molar-refractivity contribution is 0.117. The van der Waals surface area contributed by atoms with Gasteiger partial charge in [0.15, 0.2) is 0 Å². The van der Waals surface area contributed by atoms with Crippen LogP contribution in [0.2, 0.25) is 5.02 Å². The summed E-state index contributed by atoms with van der Waals surface area (Å²) >= 11 is 6.01. The summed E-state index contributed by atoms with van der Waals surface area (Å²) in [5.41, 5.74) is 0.763. The molecule has 0 saturated heterocycles. The molecule has 4 heteroatoms. The smallest absolute Gasteiger partial charge is 0.0816 e. The lowest BCUT2D eigenvalue weighted by Crippen LogP contribution is -2.33. The van der Waals surface area contributed by atoms with Gasteiger partial charge in [-0.25, -0.2) is 0 Å². The highest BCUT2D eigenvalue weighted by molar-refractivity contribution is 6.31. The monoisotopic (exact) mass is 257 g/mol. The van der Waals surface area contributed by atoms with Crippen LogP contribution >= 0.6 is 11.6 Å². The van der Waals surface area contributed by atoms with Crippen LogP contribution in [-0.4, -0.2) is 41.4 Å². The first-order valence-corrected chi connectivity index (χ1v) is 6.17. The van der Waals surface area contributed by atoms with E-state index in [-0.39, 0.29) is 12.6 Å². The maximum absolute atomic E-state index is 10.0. The molecular formula is C13H20ClNO2. The largest absolute Gasteiger partial charge is 0.395 e. The van der Waals surface area contributed by atoms with Crippen molar-refractivity contribution >= 4 is 11.6 Å². The fourth-order valence-electron chi connectivity index (χ4n) is 1.59. The SMILES string of the molecule is CC(CO)N(C)CCC(O)c1ccccc1Cl. The summed E-state index contributed by atoms with van der Waals surface area (Å²) in [6.07, 6.45) is 0.0435. The molecule has 0 heterocycles. The minimum atomic E-state index is -0.558. The predicted molar refractivity (Wildman–Crippen MR) is 70.2 cm³/mol. The van der Waals surface area contributed by atoms with Gasteiger partial charge in [-0.2, -0.15) is 0 Å². The lowest BCUT2D eigenvalue weighted by atomic mass is 10.1. The molecule has 1 aromatic carbocycles. The van der Waals surface area contributed by atoms with Crippen LogP contribution in [0.15, 0.2) is 24.3 Å². The first kappa shape index (κ1) is 14.5. The fourth-order valence-corrected chi connectivity index (χ4v) is 1.85. The highest BCUT2D eigenvalue weighted by Gasteiger charge is 2.14. The number of aliphatic hydroxyl groups excluding tert-OH is 2. The number of nitrogens with zero attached hydrogens (tertiary/aromatic N) is 1. The van der Waals surface area contributed by atoms with Crippen LogP contribution in [0, 0.1) is 0 Å². The van der Waals surface area contributed by atoms with Crippen molar-refractivity contribution in [2.24, 2.45) is 0 Å². The number of hydrogen-bond donors (Lipinski definition) is 2. The van der Waals surface area contributed by atoms with Crippen LogP contribution in [0.4, 0.5) is 0 Å². The number of likely N-dealkylation sites (N-methyl/N-ethyl adjacent to an activating group) is 1. The molecule has 17 heavy (non-hydrogen) atoms. The Morgan fingerprint density at radius 2 is 2.00 bits per heavy atom. The second-order valence-corrected chi connectivity index (χ2v) is 4.75. The van der Waals surface area contributed by atoms with E-state index < -0.39 is 6.10 Å². The van der Waals surface area contributed by atoms with Crippen molar-refractivity contribution in [3.63, 3.8) is 0 Å². The van der Waals surface area contributed by atoms with Crippen LogP contribution in [-0.2, 0) is 0 Å². The number of aliphatic hydroxyl groups is 2. The van der Waals surface area contributed by atoms with E-state index in [1.54, 1.807) is 6.07 Å². The fraction of sp³-hybridized carbons (Fsp3) is 0.538. The van der Waals surface area contributed by atoms with Gasteiger partial charge >= 0.3 is 0 Å². The van der Waals surface area contributed by atoms with Crippen molar-refractivity contribution in [3.05, 3.63) is 34.9 Å². The van der Waals surface area contributed by atoms with Crippen molar-refractivity contribution in [1.82, 2.24) is 4.90 Å². The Balaban J connectivity index is 2.50. The molecule has 0 saturated carbocycles. The van der Waals surface area contributed by atoms with Gasteiger partial charge in [0.2, 0.25) is 0 Å². The maximum Gasteiger partial charge on any atom is 0.0816 e. The zero-order valence-corrected chi connectivity index (χ0v) is 11.1. The van der Waals surface area contributed by atoms with Crippen LogP contribution < -0.4 is 0 Å². The minimum Gasteiger partial charge on any atom is -0.395 e. The molecule has 2 atom stereocenters. The molecule has 2 unspecified atom stereocenters. The zero-order chi connectivity index (χ0) is 12.8. The van der Waals surface area contributed by atoms with E-state index in [1.807, 2.05) is 37.1 Å². The summed E-state index contributed by atoms with van der Waals surface area (Å²) in [4.78, 5) is 2.01. The third-order valence-electron chi connectivity index (χ3n) is 3.04. The molecule has 96 valence electrons. The normalized spacial score (nSPS) is 14.9. The number of halogens is 1. The van der Waals surface area contributed by atoms with Crippen LogP contribution in [0.25, 0.3) is 0 Å². The van der Waals surface area contributed by atoms with E-state index in [0.717, 1.165) is 5.56 Å². The van der Waals surface area contributed by atoms with Crippen molar-refractivity contribution < 1.29 is 10.2 Å². The van der Waals surface area contributed by atoms with Gasteiger partial charge in [-0.1, -0.05) is 29.8 Å². The first-order chi connectivity index (χ1) is 8.06. The van der Waals surface area contributed by atoms with Crippen molar-refractivity contribution in [3.8, 4) is 0 Å². The Morgan fingerprint density at radius 3 is 2.59 bits per heavy atom. The van der Waals surface area contributed by atoms with Gasteiger partial charge < -0.3 is 15.1 Å². The van der Waals surface area contributed by atoms with Gasteiger partial charge in [0, 0.05) is 17.6 Å². The van der Waals surface area contributed by atoms with Crippen LogP contribution in [0.3, 0.4) is 0 Å². The van der Waals surface area contributed by atoms with Gasteiger partial charge in [-0.15, -0.1) is 0 Å². The molecule has 0 aliphatic carbocycles. The molecule has 0 spiro atoms. The first-order valence-electron chi connectivity index (χ1n) is 5.79. The van der Waals surface area contributed by atoms with E-state index in [9.17, 15) is 5.11 Å². The summed E-state index contributed by atoms with van der Waals surface area (Å²) in [7, 11) is 1.93. The van der Waals surface area contributed by atoms with E-state index in [4.69, 9.17) is 16.7 Å². The quantitative estimate of drug-likeness (QED) is 0.820. The van der Waals surface area contributed by atoms with E-state index >= 15 is 0 Å². The highest BCUT2D eigenvalue weighted by Crippen LogP contribution is 2.24. The van der Waals surface area contributed by atoms with Crippen molar-refractivity contribution in [1.29, 1.82) is 0 Å². The molecule has 0 amide bonds. The third-order valence-corrected chi connectivity index (χ3v) is 3.38. The van der Waals surface area contributed by atoms with Gasteiger partial charge in [0.1, 0.15) is 0 Å². The molecule has 0 aliphatic rings. The van der Waals surface area contributed by atoms with Crippen molar-refractivity contribution in [2.75, 3.05) is 20.2 Å². The van der Waals surface area contributed by atoms with Gasteiger partial charge in [-0.3, -0.25) is 0 Å². The minimum absolute atomic E-state index is 0.105. The standard InChI is InChI=1S/C13H20ClNO2/c1-10(9-16)15(2)8-7-13(17)11-5-3-4-6-12(11)14/h3-6,10,13,16-17H,7-9H2,1-2H3. The third kappa shape index (κ3) is 4.28. The molecule has 2 N–H and O–H groups in total. The summed E-state index contributed by atoms with van der Waals surface area (Å²) < 4.78 is 0. The Morgan fingerprint density at radius 1 is 1.35 bits per heavy atom. The Bertz CT molecular complexity index is 346. The lowest BCUT2D eigenvalue weighted by Gasteiger charge is -2.24. The maximum atomic E-state index is 10.0. The molecule has 0 aliphatic heterocycles. The number of hydrogen-bond acceptors (Lipinski definition) is 3. The second-order valence-electron chi connectivity index (χ2n) is 4.34. The van der Waals surface area contributed by atoms with E-state index in [2.05, 4.69) is 0 Å². The average Bonchev–Trinajstić information content (AvgIpc) is 2.35. The summed E-state index contributed by atoms with van der Waals surface area (Å²) in [5, 5.41) is 19.6. The second kappa shape index (κ2) is 6.97. The molecule has 3 nitrogen and oxygen atoms in total. The zero-order valence-electron chi connectivity index (χ0n) is 10.3. The molecule has 1 aromatic rings. The average molecular weight is 258 g/mol. The van der Waals surface area contributed by atoms with Crippen molar-refractivity contribution in [2.45, 2.75) is 25.5 Å². The molecular weight excluding hydrogens is 238 g/mol. The summed E-state index contributed by atoms with van der Waals surface area (Å²) in [6.45, 7) is 2.79. The molecule has 0 radical (unpaired) electrons. The molecule has 0 aromatic heterocycles. The van der Waals surface area contributed by atoms with E-state index in [0.29, 0.717) is 18.0 Å². The van der Waals surface area contributed by atoms with Crippen LogP contribution in [0.5, 0.6) is 0 Å². The number of rotatable bonds is 6. The summed E-state index contributed by atoms with van der Waals surface area (Å²) in [5.74, 6) is 0. The summed E-state index contributed by atoms with van der Waals surface area (Å²) in [6, 6.07) is 7.43. The highest BCUT2D eigenvalue weighted by atomic mass is 35.5.